The van der Waals surface area contributed by atoms with Crippen molar-refractivity contribution in [1.29, 1.82) is 0 Å². The van der Waals surface area contributed by atoms with Crippen LogP contribution in [0.15, 0.2) is 36.4 Å². The van der Waals surface area contributed by atoms with Crippen molar-refractivity contribution in [3.63, 3.8) is 0 Å². The molecule has 162 valence electrons. The fraction of sp³-hybridized carbons (Fsp3) is 0.640. The highest BCUT2D eigenvalue weighted by molar-refractivity contribution is 5.79. The number of rotatable bonds is 5. The second-order valence-corrected chi connectivity index (χ2v) is 9.31. The molecule has 0 aromatic heterocycles. The third-order valence-electron chi connectivity index (χ3n) is 7.51. The van der Waals surface area contributed by atoms with Gasteiger partial charge in [0.15, 0.2) is 0 Å². The first-order valence-electron chi connectivity index (χ1n) is 11.7. The fourth-order valence-electron chi connectivity index (χ4n) is 5.60. The van der Waals surface area contributed by atoms with E-state index in [1.54, 1.807) is 0 Å². The van der Waals surface area contributed by atoms with Crippen LogP contribution in [0.2, 0.25) is 0 Å². The van der Waals surface area contributed by atoms with Gasteiger partial charge in [-0.25, -0.2) is 0 Å². The molecule has 3 atom stereocenters. The van der Waals surface area contributed by atoms with Gasteiger partial charge in [-0.2, -0.15) is 0 Å². The number of allylic oxidation sites excluding steroid dienone is 1. The van der Waals surface area contributed by atoms with E-state index >= 15 is 0 Å². The number of ether oxygens (including phenoxy) is 2. The van der Waals surface area contributed by atoms with Crippen LogP contribution >= 0.6 is 0 Å². The fourth-order valence-corrected chi connectivity index (χ4v) is 5.60. The monoisotopic (exact) mass is 410 g/mol. The first kappa shape index (κ1) is 20.2. The Labute approximate surface area is 180 Å². The third-order valence-corrected chi connectivity index (χ3v) is 7.51. The van der Waals surface area contributed by atoms with Gasteiger partial charge < -0.3 is 14.4 Å². The van der Waals surface area contributed by atoms with Crippen LogP contribution in [0, 0.1) is 17.8 Å². The van der Waals surface area contributed by atoms with E-state index in [1.807, 2.05) is 0 Å². The summed E-state index contributed by atoms with van der Waals surface area (Å²) in [6, 6.07) is 9.23. The van der Waals surface area contributed by atoms with Crippen molar-refractivity contribution in [2.75, 3.05) is 59.2 Å². The average Bonchev–Trinajstić information content (AvgIpc) is 3.40. The van der Waals surface area contributed by atoms with Gasteiger partial charge in [-0.15, -0.1) is 0 Å². The van der Waals surface area contributed by atoms with E-state index < -0.39 is 0 Å². The van der Waals surface area contributed by atoms with E-state index in [0.29, 0.717) is 23.7 Å². The van der Waals surface area contributed by atoms with E-state index in [4.69, 9.17) is 9.47 Å². The SMILES string of the molecule is O=C(C1CCOCC1)N1CC2C=CC(c3ccc(CCN4CCOCC4)cc3)C2C1. The lowest BCUT2D eigenvalue weighted by atomic mass is 9.85. The molecule has 5 heteroatoms. The lowest BCUT2D eigenvalue weighted by molar-refractivity contribution is -0.137. The van der Waals surface area contributed by atoms with Crippen LogP contribution in [0.3, 0.4) is 0 Å². The molecule has 5 rings (SSSR count). The maximum Gasteiger partial charge on any atom is 0.225 e. The molecule has 30 heavy (non-hydrogen) atoms. The summed E-state index contributed by atoms with van der Waals surface area (Å²) < 4.78 is 10.9. The Morgan fingerprint density at radius 3 is 2.43 bits per heavy atom. The van der Waals surface area contributed by atoms with Crippen LogP contribution in [0.4, 0.5) is 0 Å². The molecule has 0 bridgehead atoms. The zero-order valence-corrected chi connectivity index (χ0v) is 17.9. The molecule has 5 nitrogen and oxygen atoms in total. The minimum Gasteiger partial charge on any atom is -0.381 e. The molecule has 0 saturated carbocycles. The number of fused-ring (bicyclic) bond motifs is 1. The van der Waals surface area contributed by atoms with Gasteiger partial charge in [0, 0.05) is 57.8 Å². The summed E-state index contributed by atoms with van der Waals surface area (Å²) in [5.41, 5.74) is 2.81. The van der Waals surface area contributed by atoms with Crippen LogP contribution in [-0.4, -0.2) is 74.9 Å². The smallest absolute Gasteiger partial charge is 0.225 e. The average molecular weight is 411 g/mol. The van der Waals surface area contributed by atoms with E-state index in [0.717, 1.165) is 78.4 Å². The number of nitrogens with zero attached hydrogens (tertiary/aromatic N) is 2. The predicted octanol–water partition coefficient (Wildman–Crippen LogP) is 2.72. The Hall–Kier alpha value is -1.69. The molecular weight excluding hydrogens is 376 g/mol. The molecule has 3 aliphatic heterocycles. The summed E-state index contributed by atoms with van der Waals surface area (Å²) in [4.78, 5) is 17.6. The second kappa shape index (κ2) is 9.21. The molecule has 1 amide bonds. The molecule has 3 heterocycles. The topological polar surface area (TPSA) is 42.0 Å². The van der Waals surface area contributed by atoms with E-state index in [-0.39, 0.29) is 5.92 Å². The molecule has 3 unspecified atom stereocenters. The summed E-state index contributed by atoms with van der Waals surface area (Å²) >= 11 is 0. The Balaban J connectivity index is 1.17. The highest BCUT2D eigenvalue weighted by Crippen LogP contribution is 2.43. The normalized spacial score (nSPS) is 30.0. The Bertz CT molecular complexity index is 750. The number of carbonyl (C=O) groups is 1. The van der Waals surface area contributed by atoms with Gasteiger partial charge in [0.05, 0.1) is 13.2 Å². The van der Waals surface area contributed by atoms with Gasteiger partial charge in [-0.05, 0) is 42.2 Å². The molecule has 3 fully saturated rings. The third kappa shape index (κ3) is 4.34. The Morgan fingerprint density at radius 2 is 1.67 bits per heavy atom. The zero-order valence-electron chi connectivity index (χ0n) is 17.9. The van der Waals surface area contributed by atoms with Crippen molar-refractivity contribution in [1.82, 2.24) is 9.80 Å². The molecule has 1 aromatic rings. The van der Waals surface area contributed by atoms with Gasteiger partial charge in [-0.1, -0.05) is 36.4 Å². The molecule has 1 aromatic carbocycles. The number of benzene rings is 1. The van der Waals surface area contributed by atoms with E-state index in [1.165, 1.54) is 11.1 Å². The van der Waals surface area contributed by atoms with Crippen molar-refractivity contribution in [3.8, 4) is 0 Å². The number of likely N-dealkylation sites (tertiary alicyclic amines) is 1. The number of hydrogen-bond donors (Lipinski definition) is 0. The summed E-state index contributed by atoms with van der Waals surface area (Å²) in [5, 5.41) is 0. The lowest BCUT2D eigenvalue weighted by Gasteiger charge is -2.27. The highest BCUT2D eigenvalue weighted by atomic mass is 16.5. The number of amides is 1. The number of carbonyl (C=O) groups excluding carboxylic acids is 1. The second-order valence-electron chi connectivity index (χ2n) is 9.31. The van der Waals surface area contributed by atoms with Gasteiger partial charge in [-0.3, -0.25) is 9.69 Å². The van der Waals surface area contributed by atoms with Gasteiger partial charge >= 0.3 is 0 Å². The van der Waals surface area contributed by atoms with E-state index in [2.05, 4.69) is 46.2 Å². The Morgan fingerprint density at radius 1 is 0.933 bits per heavy atom. The van der Waals surface area contributed by atoms with Crippen molar-refractivity contribution in [2.24, 2.45) is 17.8 Å². The molecule has 1 aliphatic carbocycles. The molecule has 4 aliphatic rings. The minimum absolute atomic E-state index is 0.172. The lowest BCUT2D eigenvalue weighted by Crippen LogP contribution is -2.37. The maximum atomic E-state index is 13.0. The summed E-state index contributed by atoms with van der Waals surface area (Å²) in [7, 11) is 0. The van der Waals surface area contributed by atoms with Gasteiger partial charge in [0.25, 0.3) is 0 Å². The summed E-state index contributed by atoms with van der Waals surface area (Å²) in [6.45, 7) is 8.21. The van der Waals surface area contributed by atoms with Crippen molar-refractivity contribution >= 4 is 5.91 Å². The minimum atomic E-state index is 0.172. The predicted molar refractivity (Wildman–Crippen MR) is 116 cm³/mol. The first-order valence-corrected chi connectivity index (χ1v) is 11.7. The molecule has 0 spiro atoms. The van der Waals surface area contributed by atoms with Crippen molar-refractivity contribution in [2.45, 2.75) is 25.2 Å². The zero-order chi connectivity index (χ0) is 20.3. The Kier molecular flexibility index (Phi) is 6.21. The van der Waals surface area contributed by atoms with Crippen LogP contribution in [-0.2, 0) is 20.7 Å². The molecule has 3 saturated heterocycles. The van der Waals surface area contributed by atoms with E-state index in [9.17, 15) is 4.79 Å². The number of morpholine rings is 1. The van der Waals surface area contributed by atoms with Gasteiger partial charge in [0.2, 0.25) is 5.91 Å². The summed E-state index contributed by atoms with van der Waals surface area (Å²) in [6.07, 6.45) is 7.61. The van der Waals surface area contributed by atoms with Crippen molar-refractivity contribution < 1.29 is 14.3 Å². The first-order chi connectivity index (χ1) is 14.8. The molecule has 0 N–H and O–H groups in total. The van der Waals surface area contributed by atoms with Crippen LogP contribution in [0.25, 0.3) is 0 Å². The summed E-state index contributed by atoms with van der Waals surface area (Å²) in [5.74, 6) is 2.02. The largest absolute Gasteiger partial charge is 0.381 e. The highest BCUT2D eigenvalue weighted by Gasteiger charge is 2.42. The van der Waals surface area contributed by atoms with Crippen LogP contribution in [0.1, 0.15) is 29.9 Å². The van der Waals surface area contributed by atoms with Gasteiger partial charge in [0.1, 0.15) is 0 Å². The van der Waals surface area contributed by atoms with Crippen LogP contribution in [0.5, 0.6) is 0 Å². The maximum absolute atomic E-state index is 13.0. The molecular formula is C25H34N2O3. The molecule has 0 radical (unpaired) electrons. The number of hydrogen-bond acceptors (Lipinski definition) is 4. The van der Waals surface area contributed by atoms with Crippen LogP contribution < -0.4 is 0 Å². The standard InChI is InChI=1S/C25H34N2O3/c28-25(21-8-13-29-14-9-21)27-17-22-5-6-23(24(22)18-27)20-3-1-19(2-4-20)7-10-26-11-15-30-16-12-26/h1-6,21-24H,7-18H2. The van der Waals surface area contributed by atoms with Crippen molar-refractivity contribution in [3.05, 3.63) is 47.5 Å². The quantitative estimate of drug-likeness (QED) is 0.700.